The van der Waals surface area contributed by atoms with Crippen molar-refractivity contribution in [3.05, 3.63) is 0 Å². The van der Waals surface area contributed by atoms with E-state index < -0.39 is 0 Å². The number of aliphatic hydroxyl groups excluding tert-OH is 1. The van der Waals surface area contributed by atoms with Crippen LogP contribution in [0.5, 0.6) is 0 Å². The SMILES string of the molecule is COCCSCC(O)COC(C)C. The summed E-state index contributed by atoms with van der Waals surface area (Å²) in [5.74, 6) is 1.64. The summed E-state index contributed by atoms with van der Waals surface area (Å²) in [4.78, 5) is 0. The molecule has 3 nitrogen and oxygen atoms in total. The summed E-state index contributed by atoms with van der Waals surface area (Å²) >= 11 is 1.68. The van der Waals surface area contributed by atoms with Crippen molar-refractivity contribution in [3.8, 4) is 0 Å². The Morgan fingerprint density at radius 2 is 2.08 bits per heavy atom. The van der Waals surface area contributed by atoms with E-state index in [2.05, 4.69) is 0 Å². The molecule has 0 rings (SSSR count). The highest BCUT2D eigenvalue weighted by Crippen LogP contribution is 2.03. The van der Waals surface area contributed by atoms with Gasteiger partial charge in [0.1, 0.15) is 0 Å². The van der Waals surface area contributed by atoms with Gasteiger partial charge in [-0.25, -0.2) is 0 Å². The summed E-state index contributed by atoms with van der Waals surface area (Å²) in [7, 11) is 1.68. The maximum absolute atomic E-state index is 9.41. The first-order chi connectivity index (χ1) is 6.16. The third kappa shape index (κ3) is 10.1. The zero-order valence-corrected chi connectivity index (χ0v) is 9.47. The Balaban J connectivity index is 3.15. The van der Waals surface area contributed by atoms with E-state index in [1.165, 1.54) is 0 Å². The average Bonchev–Trinajstić information content (AvgIpc) is 2.09. The van der Waals surface area contributed by atoms with Crippen LogP contribution in [-0.4, -0.2) is 49.1 Å². The molecule has 0 spiro atoms. The third-order valence-electron chi connectivity index (χ3n) is 1.36. The van der Waals surface area contributed by atoms with Crippen LogP contribution in [0.1, 0.15) is 13.8 Å². The van der Waals surface area contributed by atoms with Gasteiger partial charge in [-0.15, -0.1) is 0 Å². The van der Waals surface area contributed by atoms with E-state index in [0.717, 1.165) is 18.1 Å². The van der Waals surface area contributed by atoms with Crippen molar-refractivity contribution in [2.75, 3.05) is 31.8 Å². The molecule has 0 aliphatic carbocycles. The highest BCUT2D eigenvalue weighted by Gasteiger charge is 2.05. The second kappa shape index (κ2) is 8.81. The van der Waals surface area contributed by atoms with E-state index in [9.17, 15) is 5.11 Å². The van der Waals surface area contributed by atoms with Crippen LogP contribution >= 0.6 is 11.8 Å². The highest BCUT2D eigenvalue weighted by atomic mass is 32.2. The highest BCUT2D eigenvalue weighted by molar-refractivity contribution is 7.99. The fourth-order valence-corrected chi connectivity index (χ4v) is 1.53. The maximum Gasteiger partial charge on any atom is 0.0863 e. The van der Waals surface area contributed by atoms with Gasteiger partial charge in [0, 0.05) is 18.6 Å². The molecule has 0 fully saturated rings. The van der Waals surface area contributed by atoms with E-state index in [1.54, 1.807) is 18.9 Å². The molecule has 0 aromatic heterocycles. The summed E-state index contributed by atoms with van der Waals surface area (Å²) in [5.41, 5.74) is 0. The molecule has 0 saturated heterocycles. The van der Waals surface area contributed by atoms with E-state index in [4.69, 9.17) is 9.47 Å². The Labute approximate surface area is 84.8 Å². The van der Waals surface area contributed by atoms with Gasteiger partial charge in [-0.2, -0.15) is 11.8 Å². The summed E-state index contributed by atoms with van der Waals surface area (Å²) in [6.45, 7) is 5.09. The van der Waals surface area contributed by atoms with Crippen molar-refractivity contribution in [2.24, 2.45) is 0 Å². The normalized spacial score (nSPS) is 13.6. The molecule has 0 heterocycles. The molecular formula is C9H20O3S. The van der Waals surface area contributed by atoms with E-state index in [-0.39, 0.29) is 12.2 Å². The van der Waals surface area contributed by atoms with Crippen molar-refractivity contribution >= 4 is 11.8 Å². The number of aliphatic hydroxyl groups is 1. The molecule has 1 atom stereocenters. The van der Waals surface area contributed by atoms with Crippen LogP contribution in [0.3, 0.4) is 0 Å². The van der Waals surface area contributed by atoms with Crippen LogP contribution in [0, 0.1) is 0 Å². The Bertz CT molecular complexity index is 109. The Morgan fingerprint density at radius 3 is 2.62 bits per heavy atom. The zero-order chi connectivity index (χ0) is 10.1. The molecule has 13 heavy (non-hydrogen) atoms. The molecule has 1 N–H and O–H groups in total. The molecule has 0 aliphatic rings. The van der Waals surface area contributed by atoms with Gasteiger partial charge in [0.05, 0.1) is 25.4 Å². The van der Waals surface area contributed by atoms with Crippen LogP contribution in [0.25, 0.3) is 0 Å². The Morgan fingerprint density at radius 1 is 1.38 bits per heavy atom. The first kappa shape index (κ1) is 13.2. The number of hydrogen-bond donors (Lipinski definition) is 1. The molecule has 0 aromatic rings. The van der Waals surface area contributed by atoms with Gasteiger partial charge in [-0.3, -0.25) is 0 Å². The monoisotopic (exact) mass is 208 g/mol. The molecule has 0 saturated carbocycles. The number of ether oxygens (including phenoxy) is 2. The summed E-state index contributed by atoms with van der Waals surface area (Å²) in [6, 6.07) is 0. The Hall–Kier alpha value is 0.230. The molecule has 1 unspecified atom stereocenters. The molecule has 80 valence electrons. The maximum atomic E-state index is 9.41. The standard InChI is InChI=1S/C9H20O3S/c1-8(2)12-6-9(10)7-13-5-4-11-3/h8-10H,4-7H2,1-3H3. The lowest BCUT2D eigenvalue weighted by molar-refractivity contribution is 0.0152. The minimum atomic E-state index is -0.357. The van der Waals surface area contributed by atoms with Gasteiger partial charge in [0.25, 0.3) is 0 Å². The second-order valence-electron chi connectivity index (χ2n) is 3.10. The lowest BCUT2D eigenvalue weighted by Crippen LogP contribution is -2.21. The van der Waals surface area contributed by atoms with Gasteiger partial charge >= 0.3 is 0 Å². The van der Waals surface area contributed by atoms with Gasteiger partial charge < -0.3 is 14.6 Å². The van der Waals surface area contributed by atoms with E-state index in [1.807, 2.05) is 13.8 Å². The fraction of sp³-hybridized carbons (Fsp3) is 1.00. The van der Waals surface area contributed by atoms with Gasteiger partial charge in [-0.05, 0) is 13.8 Å². The largest absolute Gasteiger partial charge is 0.390 e. The molecule has 4 heteroatoms. The molecule has 0 aromatic carbocycles. The molecule has 0 radical (unpaired) electrons. The first-order valence-corrected chi connectivity index (χ1v) is 5.68. The van der Waals surface area contributed by atoms with Crippen molar-refractivity contribution < 1.29 is 14.6 Å². The smallest absolute Gasteiger partial charge is 0.0863 e. The lowest BCUT2D eigenvalue weighted by atomic mass is 10.4. The van der Waals surface area contributed by atoms with Crippen molar-refractivity contribution in [2.45, 2.75) is 26.1 Å². The second-order valence-corrected chi connectivity index (χ2v) is 4.25. The van der Waals surface area contributed by atoms with E-state index >= 15 is 0 Å². The summed E-state index contributed by atoms with van der Waals surface area (Å²) in [5, 5.41) is 9.41. The number of hydrogen-bond acceptors (Lipinski definition) is 4. The predicted octanol–water partition coefficient (Wildman–Crippen LogP) is 1.15. The average molecular weight is 208 g/mol. The number of rotatable bonds is 8. The Kier molecular flexibility index (Phi) is 8.97. The predicted molar refractivity (Wildman–Crippen MR) is 56.3 cm³/mol. The zero-order valence-electron chi connectivity index (χ0n) is 8.66. The number of methoxy groups -OCH3 is 1. The fourth-order valence-electron chi connectivity index (χ4n) is 0.713. The lowest BCUT2D eigenvalue weighted by Gasteiger charge is -2.12. The van der Waals surface area contributed by atoms with Crippen molar-refractivity contribution in [1.82, 2.24) is 0 Å². The van der Waals surface area contributed by atoms with Crippen LogP contribution in [0.2, 0.25) is 0 Å². The minimum Gasteiger partial charge on any atom is -0.390 e. The number of thioether (sulfide) groups is 1. The van der Waals surface area contributed by atoms with E-state index in [0.29, 0.717) is 6.61 Å². The van der Waals surface area contributed by atoms with Crippen molar-refractivity contribution in [3.63, 3.8) is 0 Å². The van der Waals surface area contributed by atoms with Crippen LogP contribution < -0.4 is 0 Å². The van der Waals surface area contributed by atoms with Crippen LogP contribution in [0.15, 0.2) is 0 Å². The molecule has 0 aliphatic heterocycles. The van der Waals surface area contributed by atoms with Crippen LogP contribution in [0.4, 0.5) is 0 Å². The minimum absolute atomic E-state index is 0.193. The topological polar surface area (TPSA) is 38.7 Å². The van der Waals surface area contributed by atoms with Gasteiger partial charge in [-0.1, -0.05) is 0 Å². The summed E-state index contributed by atoms with van der Waals surface area (Å²) < 4.78 is 10.2. The first-order valence-electron chi connectivity index (χ1n) is 4.53. The quantitative estimate of drug-likeness (QED) is 0.607. The van der Waals surface area contributed by atoms with Crippen LogP contribution in [-0.2, 0) is 9.47 Å². The van der Waals surface area contributed by atoms with Gasteiger partial charge in [0.15, 0.2) is 0 Å². The van der Waals surface area contributed by atoms with Gasteiger partial charge in [0.2, 0.25) is 0 Å². The molecule has 0 bridgehead atoms. The summed E-state index contributed by atoms with van der Waals surface area (Å²) in [6.07, 6.45) is -0.164. The van der Waals surface area contributed by atoms with Crippen molar-refractivity contribution in [1.29, 1.82) is 0 Å². The molecular weight excluding hydrogens is 188 g/mol. The third-order valence-corrected chi connectivity index (χ3v) is 2.44. The molecule has 0 amide bonds.